The van der Waals surface area contributed by atoms with Crippen LogP contribution in [0.15, 0.2) is 72.8 Å². The monoisotopic (exact) mass is 983 g/mol. The summed E-state index contributed by atoms with van der Waals surface area (Å²) in [5, 5.41) is 23.4. The van der Waals surface area contributed by atoms with Crippen molar-refractivity contribution >= 4 is 47.0 Å². The van der Waals surface area contributed by atoms with Gasteiger partial charge in [-0.05, 0) is 119 Å². The number of hydrogen-bond donors (Lipinski definition) is 4. The van der Waals surface area contributed by atoms with Crippen molar-refractivity contribution < 1.29 is 9.59 Å². The van der Waals surface area contributed by atoms with Crippen molar-refractivity contribution in [3.05, 3.63) is 118 Å². The standard InChI is InChI=1S/C57H70N14O2/c1-68(33-36-14-5-3-6-15-36)54(72)48-24-13-29-70(48)56-58-44-22-11-20-42(44)52(62-56)60-51-32-47(65-67-51)40-27-25-38(26-28-40)41-30-49(55(73)69(2)34-37-16-7-4-8-17-37)71(35-41)57-59-45-23-12-21-43(45)53(63-57)61-50-31-46(64-66-50)39-18-9-10-19-39/h3-8,14-17,31-32,38-41,48-49H,9-13,18-30,33-35H2,1-2H3,(H2,58,60,62,65,67)(H2,59,61,63,64,66). The first-order chi connectivity index (χ1) is 35.8. The van der Waals surface area contributed by atoms with Gasteiger partial charge in [-0.25, -0.2) is 9.97 Å². The molecule has 2 aliphatic heterocycles. The molecule has 73 heavy (non-hydrogen) atoms. The fourth-order valence-corrected chi connectivity index (χ4v) is 13.2. The van der Waals surface area contributed by atoms with Gasteiger partial charge in [0.25, 0.3) is 0 Å². The predicted molar refractivity (Wildman–Crippen MR) is 283 cm³/mol. The summed E-state index contributed by atoms with van der Waals surface area (Å²) in [4.78, 5) is 57.4. The van der Waals surface area contributed by atoms with Crippen molar-refractivity contribution in [3.8, 4) is 0 Å². The van der Waals surface area contributed by atoms with E-state index in [0.29, 0.717) is 48.7 Å². The Morgan fingerprint density at radius 1 is 0.575 bits per heavy atom. The minimum atomic E-state index is -0.356. The summed E-state index contributed by atoms with van der Waals surface area (Å²) in [6.45, 7) is 2.61. The molecular formula is C57H70N14O2. The van der Waals surface area contributed by atoms with E-state index in [0.717, 1.165) is 154 Å². The Bertz CT molecular complexity index is 2910. The zero-order chi connectivity index (χ0) is 49.4. The first kappa shape index (κ1) is 47.2. The van der Waals surface area contributed by atoms with Crippen LogP contribution in [-0.4, -0.2) is 101 Å². The van der Waals surface area contributed by atoms with Crippen LogP contribution in [0, 0.1) is 11.8 Å². The zero-order valence-corrected chi connectivity index (χ0v) is 42.5. The first-order valence-corrected chi connectivity index (χ1v) is 27.3. The van der Waals surface area contributed by atoms with Crippen molar-refractivity contribution in [1.29, 1.82) is 0 Å². The number of hydrogen-bond acceptors (Lipinski definition) is 12. The molecule has 16 heteroatoms. The van der Waals surface area contributed by atoms with Crippen LogP contribution in [0.1, 0.15) is 140 Å². The molecule has 2 aromatic carbocycles. The van der Waals surface area contributed by atoms with Crippen LogP contribution >= 0.6 is 0 Å². The van der Waals surface area contributed by atoms with E-state index in [2.05, 4.69) is 72.1 Å². The lowest BCUT2D eigenvalue weighted by Gasteiger charge is -2.31. The second-order valence-electron chi connectivity index (χ2n) is 21.9. The van der Waals surface area contributed by atoms with Gasteiger partial charge < -0.3 is 30.2 Å². The number of carbonyl (C=O) groups excluding carboxylic acids is 2. The minimum absolute atomic E-state index is 0.102. The third-order valence-electron chi connectivity index (χ3n) is 17.2. The SMILES string of the molecule is CN(Cc1ccccc1)C(=O)C1CCCN1c1nc2c(c(Nc3cc(C4CCC(C5CC(C(=O)N(C)Cc6ccccc6)N(c6nc7c(c(Nc8cc(C9CCCC9)[nH]n8)n6)CCC7)C5)CC4)[nH]n3)n1)CCC2. The Kier molecular flexibility index (Phi) is 13.3. The van der Waals surface area contributed by atoms with Gasteiger partial charge in [0, 0.05) is 86.8 Å². The molecule has 380 valence electrons. The number of likely N-dealkylation sites (N-methyl/N-ethyl adjacent to an activating group) is 2. The largest absolute Gasteiger partial charge is 0.340 e. The topological polar surface area (TPSA) is 180 Å². The molecule has 4 aliphatic carbocycles. The molecule has 12 rings (SSSR count). The number of nitrogens with zero attached hydrogens (tertiary/aromatic N) is 10. The number of amides is 2. The maximum absolute atomic E-state index is 14.7. The fourth-order valence-electron chi connectivity index (χ4n) is 13.2. The lowest BCUT2D eigenvalue weighted by atomic mass is 9.74. The van der Waals surface area contributed by atoms with Crippen molar-refractivity contribution in [1.82, 2.24) is 50.1 Å². The summed E-state index contributed by atoms with van der Waals surface area (Å²) in [5.41, 5.74) is 9.03. The predicted octanol–water partition coefficient (Wildman–Crippen LogP) is 9.29. The molecule has 4 aromatic heterocycles. The lowest BCUT2D eigenvalue weighted by Crippen LogP contribution is -2.44. The Labute approximate surface area is 428 Å². The molecule has 6 aliphatic rings. The number of fused-ring (bicyclic) bond motifs is 2. The highest BCUT2D eigenvalue weighted by Crippen LogP contribution is 2.45. The van der Waals surface area contributed by atoms with Crippen LogP contribution in [0.25, 0.3) is 0 Å². The van der Waals surface area contributed by atoms with Crippen molar-refractivity contribution in [3.63, 3.8) is 0 Å². The molecule has 4 N–H and O–H groups in total. The van der Waals surface area contributed by atoms with E-state index in [9.17, 15) is 9.59 Å². The van der Waals surface area contributed by atoms with Gasteiger partial charge in [-0.3, -0.25) is 19.8 Å². The Hall–Kier alpha value is -6.84. The van der Waals surface area contributed by atoms with Crippen molar-refractivity contribution in [2.45, 2.75) is 146 Å². The van der Waals surface area contributed by atoms with Gasteiger partial charge in [0.1, 0.15) is 23.7 Å². The maximum atomic E-state index is 14.7. The number of benzene rings is 2. The Balaban J connectivity index is 0.732. The Morgan fingerprint density at radius 2 is 1.10 bits per heavy atom. The molecule has 0 bridgehead atoms. The van der Waals surface area contributed by atoms with Gasteiger partial charge in [0.2, 0.25) is 23.7 Å². The lowest BCUT2D eigenvalue weighted by molar-refractivity contribution is -0.132. The van der Waals surface area contributed by atoms with Crippen LogP contribution in [-0.2, 0) is 48.4 Å². The van der Waals surface area contributed by atoms with Gasteiger partial charge in [0.15, 0.2) is 11.6 Å². The summed E-state index contributed by atoms with van der Waals surface area (Å²) in [5.74, 6) is 6.36. The number of aromatic nitrogens is 8. The second-order valence-corrected chi connectivity index (χ2v) is 21.9. The van der Waals surface area contributed by atoms with Crippen LogP contribution < -0.4 is 20.4 Å². The number of carbonyl (C=O) groups is 2. The van der Waals surface area contributed by atoms with Crippen LogP contribution in [0.2, 0.25) is 0 Å². The molecule has 3 unspecified atom stereocenters. The number of rotatable bonds is 15. The van der Waals surface area contributed by atoms with Gasteiger partial charge in [-0.15, -0.1) is 0 Å². The van der Waals surface area contributed by atoms with Crippen LogP contribution in [0.5, 0.6) is 0 Å². The third-order valence-corrected chi connectivity index (χ3v) is 17.2. The molecule has 3 atom stereocenters. The molecule has 0 spiro atoms. The third kappa shape index (κ3) is 9.89. The zero-order valence-electron chi connectivity index (χ0n) is 42.5. The van der Waals surface area contributed by atoms with Crippen molar-refractivity contribution in [2.24, 2.45) is 11.8 Å². The molecular weight excluding hydrogens is 913 g/mol. The smallest absolute Gasteiger partial charge is 0.245 e. The maximum Gasteiger partial charge on any atom is 0.245 e. The second kappa shape index (κ2) is 20.6. The quantitative estimate of drug-likeness (QED) is 0.0768. The highest BCUT2D eigenvalue weighted by Gasteiger charge is 2.44. The highest BCUT2D eigenvalue weighted by atomic mass is 16.2. The number of H-pyrrole nitrogens is 2. The van der Waals surface area contributed by atoms with E-state index in [4.69, 9.17) is 25.0 Å². The molecule has 2 saturated carbocycles. The van der Waals surface area contributed by atoms with E-state index in [1.54, 1.807) is 0 Å². The van der Waals surface area contributed by atoms with Gasteiger partial charge >= 0.3 is 0 Å². The van der Waals surface area contributed by atoms with E-state index < -0.39 is 0 Å². The van der Waals surface area contributed by atoms with Crippen LogP contribution in [0.4, 0.5) is 35.2 Å². The molecule has 4 fully saturated rings. The summed E-state index contributed by atoms with van der Waals surface area (Å²) in [6.07, 6.45) is 17.4. The number of anilines is 6. The number of aryl methyl sites for hydroxylation is 2. The highest BCUT2D eigenvalue weighted by molar-refractivity contribution is 5.86. The van der Waals surface area contributed by atoms with Gasteiger partial charge in [-0.2, -0.15) is 20.2 Å². The first-order valence-electron chi connectivity index (χ1n) is 27.3. The number of nitrogens with one attached hydrogen (secondary N) is 4. The normalized spacial score (nSPS) is 22.7. The van der Waals surface area contributed by atoms with E-state index in [1.165, 1.54) is 36.9 Å². The number of aromatic amines is 2. The van der Waals surface area contributed by atoms with Crippen molar-refractivity contribution in [2.75, 3.05) is 47.6 Å². The summed E-state index contributed by atoms with van der Waals surface area (Å²) < 4.78 is 0. The van der Waals surface area contributed by atoms with Gasteiger partial charge in [-0.1, -0.05) is 73.5 Å². The van der Waals surface area contributed by atoms with E-state index in [1.807, 2.05) is 60.3 Å². The van der Waals surface area contributed by atoms with Gasteiger partial charge in [0.05, 0.1) is 11.4 Å². The summed E-state index contributed by atoms with van der Waals surface area (Å²) >= 11 is 0. The molecule has 16 nitrogen and oxygen atoms in total. The summed E-state index contributed by atoms with van der Waals surface area (Å²) in [7, 11) is 3.83. The molecule has 6 heterocycles. The molecule has 0 radical (unpaired) electrons. The fraction of sp³-hybridized carbons (Fsp3) is 0.509. The molecule has 2 amide bonds. The molecule has 6 aromatic rings. The summed E-state index contributed by atoms with van der Waals surface area (Å²) in [6, 6.07) is 24.1. The average molecular weight is 983 g/mol. The molecule has 2 saturated heterocycles. The Morgan fingerprint density at radius 3 is 1.66 bits per heavy atom. The van der Waals surface area contributed by atoms with Crippen LogP contribution in [0.3, 0.4) is 0 Å². The minimum Gasteiger partial charge on any atom is -0.340 e. The van der Waals surface area contributed by atoms with E-state index >= 15 is 0 Å². The average Bonchev–Trinajstić information content (AvgIpc) is 4.27. The van der Waals surface area contributed by atoms with E-state index in [-0.39, 0.29) is 23.9 Å².